The summed E-state index contributed by atoms with van der Waals surface area (Å²) < 4.78 is 13.7. The van der Waals surface area contributed by atoms with Crippen molar-refractivity contribution in [2.75, 3.05) is 5.32 Å². The zero-order valence-electron chi connectivity index (χ0n) is 11.3. The third-order valence-electron chi connectivity index (χ3n) is 3.13. The SMILES string of the molecule is CC(Nc1ccccc1CC(N)=O)c1ccccc1F. The number of primary amides is 1. The quantitative estimate of drug-likeness (QED) is 0.879. The summed E-state index contributed by atoms with van der Waals surface area (Å²) in [4.78, 5) is 11.1. The number of carbonyl (C=O) groups excluding carboxylic acids is 1. The van der Waals surface area contributed by atoms with Crippen molar-refractivity contribution in [3.8, 4) is 0 Å². The fraction of sp³-hybridized carbons (Fsp3) is 0.188. The van der Waals surface area contributed by atoms with Crippen LogP contribution < -0.4 is 11.1 Å². The molecule has 0 bridgehead atoms. The standard InChI is InChI=1S/C16H17FN2O/c1-11(13-7-3-4-8-14(13)17)19-15-9-5-2-6-12(15)10-16(18)20/h2-9,11,19H,10H2,1H3,(H2,18,20). The van der Waals surface area contributed by atoms with Crippen LogP contribution in [0.5, 0.6) is 0 Å². The molecule has 20 heavy (non-hydrogen) atoms. The Labute approximate surface area is 117 Å². The zero-order valence-corrected chi connectivity index (χ0v) is 11.3. The second-order valence-electron chi connectivity index (χ2n) is 4.69. The van der Waals surface area contributed by atoms with Gasteiger partial charge in [-0.3, -0.25) is 4.79 Å². The highest BCUT2D eigenvalue weighted by Gasteiger charge is 2.12. The minimum atomic E-state index is -0.391. The van der Waals surface area contributed by atoms with Crippen molar-refractivity contribution in [1.82, 2.24) is 0 Å². The van der Waals surface area contributed by atoms with Gasteiger partial charge in [-0.1, -0.05) is 36.4 Å². The van der Waals surface area contributed by atoms with E-state index in [4.69, 9.17) is 5.73 Å². The Kier molecular flexibility index (Phi) is 4.35. The summed E-state index contributed by atoms with van der Waals surface area (Å²) >= 11 is 0. The van der Waals surface area contributed by atoms with Gasteiger partial charge in [-0.25, -0.2) is 4.39 Å². The molecule has 0 heterocycles. The van der Waals surface area contributed by atoms with Gasteiger partial charge in [0.05, 0.1) is 12.5 Å². The molecule has 3 nitrogen and oxygen atoms in total. The molecule has 0 fully saturated rings. The van der Waals surface area contributed by atoms with Crippen LogP contribution >= 0.6 is 0 Å². The van der Waals surface area contributed by atoms with E-state index in [1.165, 1.54) is 6.07 Å². The predicted octanol–water partition coefficient (Wildman–Crippen LogP) is 3.03. The summed E-state index contributed by atoms with van der Waals surface area (Å²) in [7, 11) is 0. The van der Waals surface area contributed by atoms with Gasteiger partial charge in [0.15, 0.2) is 0 Å². The Balaban J connectivity index is 2.22. The largest absolute Gasteiger partial charge is 0.378 e. The third kappa shape index (κ3) is 3.35. The van der Waals surface area contributed by atoms with Crippen molar-refractivity contribution < 1.29 is 9.18 Å². The molecule has 3 N–H and O–H groups in total. The highest BCUT2D eigenvalue weighted by molar-refractivity contribution is 5.78. The lowest BCUT2D eigenvalue weighted by Crippen LogP contribution is -2.16. The second-order valence-corrected chi connectivity index (χ2v) is 4.69. The van der Waals surface area contributed by atoms with E-state index in [-0.39, 0.29) is 18.3 Å². The molecule has 0 spiro atoms. The van der Waals surface area contributed by atoms with E-state index in [1.807, 2.05) is 31.2 Å². The molecule has 0 aromatic heterocycles. The van der Waals surface area contributed by atoms with E-state index in [9.17, 15) is 9.18 Å². The topological polar surface area (TPSA) is 55.1 Å². The Morgan fingerprint density at radius 3 is 2.55 bits per heavy atom. The number of anilines is 1. The van der Waals surface area contributed by atoms with Crippen LogP contribution in [0.1, 0.15) is 24.1 Å². The minimum Gasteiger partial charge on any atom is -0.378 e. The molecule has 0 aliphatic heterocycles. The van der Waals surface area contributed by atoms with Crippen LogP contribution in [-0.2, 0) is 11.2 Å². The van der Waals surface area contributed by atoms with Crippen molar-refractivity contribution in [2.24, 2.45) is 5.73 Å². The van der Waals surface area contributed by atoms with Gasteiger partial charge in [-0.05, 0) is 24.6 Å². The number of carbonyl (C=O) groups is 1. The molecule has 1 amide bonds. The highest BCUT2D eigenvalue weighted by Crippen LogP contribution is 2.24. The minimum absolute atomic E-state index is 0.160. The summed E-state index contributed by atoms with van der Waals surface area (Å²) in [6.07, 6.45) is 0.160. The molecule has 0 aliphatic carbocycles. The lowest BCUT2D eigenvalue weighted by atomic mass is 10.1. The average molecular weight is 272 g/mol. The molecule has 2 rings (SSSR count). The number of hydrogen-bond donors (Lipinski definition) is 2. The average Bonchev–Trinajstić information content (AvgIpc) is 2.41. The number of amides is 1. The Hall–Kier alpha value is -2.36. The van der Waals surface area contributed by atoms with Gasteiger partial charge >= 0.3 is 0 Å². The molecular weight excluding hydrogens is 255 g/mol. The first-order valence-electron chi connectivity index (χ1n) is 6.45. The highest BCUT2D eigenvalue weighted by atomic mass is 19.1. The molecule has 1 unspecified atom stereocenters. The Morgan fingerprint density at radius 2 is 1.85 bits per heavy atom. The first kappa shape index (κ1) is 14.1. The third-order valence-corrected chi connectivity index (χ3v) is 3.13. The molecule has 104 valence electrons. The molecular formula is C16H17FN2O. The number of rotatable bonds is 5. The van der Waals surface area contributed by atoms with Gasteiger partial charge < -0.3 is 11.1 Å². The van der Waals surface area contributed by atoms with Crippen LogP contribution in [-0.4, -0.2) is 5.91 Å². The smallest absolute Gasteiger partial charge is 0.221 e. The summed E-state index contributed by atoms with van der Waals surface area (Å²) in [5.41, 5.74) is 7.42. The Bertz CT molecular complexity index is 613. The molecule has 2 aromatic carbocycles. The van der Waals surface area contributed by atoms with Crippen molar-refractivity contribution >= 4 is 11.6 Å². The second kappa shape index (κ2) is 6.19. The van der Waals surface area contributed by atoms with Crippen LogP contribution in [0.4, 0.5) is 10.1 Å². The van der Waals surface area contributed by atoms with Crippen LogP contribution in [0.15, 0.2) is 48.5 Å². The molecule has 0 saturated heterocycles. The van der Waals surface area contributed by atoms with Crippen LogP contribution in [0.2, 0.25) is 0 Å². The lowest BCUT2D eigenvalue weighted by molar-refractivity contribution is -0.117. The first-order valence-corrected chi connectivity index (χ1v) is 6.45. The normalized spacial score (nSPS) is 11.9. The molecule has 1 atom stereocenters. The Morgan fingerprint density at radius 1 is 1.20 bits per heavy atom. The van der Waals surface area contributed by atoms with Crippen molar-refractivity contribution in [2.45, 2.75) is 19.4 Å². The fourth-order valence-electron chi connectivity index (χ4n) is 2.14. The van der Waals surface area contributed by atoms with Crippen molar-refractivity contribution in [3.63, 3.8) is 0 Å². The van der Waals surface area contributed by atoms with Gasteiger partial charge in [0.25, 0.3) is 0 Å². The number of benzene rings is 2. The van der Waals surface area contributed by atoms with E-state index < -0.39 is 5.91 Å². The van der Waals surface area contributed by atoms with Crippen LogP contribution in [0.25, 0.3) is 0 Å². The molecule has 4 heteroatoms. The van der Waals surface area contributed by atoms with Gasteiger partial charge in [-0.2, -0.15) is 0 Å². The maximum Gasteiger partial charge on any atom is 0.221 e. The number of halogens is 1. The van der Waals surface area contributed by atoms with Gasteiger partial charge in [0, 0.05) is 11.3 Å². The van der Waals surface area contributed by atoms with E-state index in [0.29, 0.717) is 5.56 Å². The number of nitrogens with one attached hydrogen (secondary N) is 1. The van der Waals surface area contributed by atoms with E-state index >= 15 is 0 Å². The molecule has 0 aliphatic rings. The van der Waals surface area contributed by atoms with Crippen molar-refractivity contribution in [1.29, 1.82) is 0 Å². The van der Waals surface area contributed by atoms with E-state index in [0.717, 1.165) is 11.3 Å². The van der Waals surface area contributed by atoms with Gasteiger partial charge in [-0.15, -0.1) is 0 Å². The summed E-state index contributed by atoms with van der Waals surface area (Å²) in [6, 6.07) is 13.8. The molecule has 0 radical (unpaired) electrons. The molecule has 0 saturated carbocycles. The number of para-hydroxylation sites is 1. The van der Waals surface area contributed by atoms with Crippen molar-refractivity contribution in [3.05, 3.63) is 65.5 Å². The first-order chi connectivity index (χ1) is 9.58. The fourth-order valence-corrected chi connectivity index (χ4v) is 2.14. The zero-order chi connectivity index (χ0) is 14.5. The number of hydrogen-bond acceptors (Lipinski definition) is 2. The summed E-state index contributed by atoms with van der Waals surface area (Å²) in [5.74, 6) is -0.641. The predicted molar refractivity (Wildman–Crippen MR) is 77.8 cm³/mol. The maximum absolute atomic E-state index is 13.7. The monoisotopic (exact) mass is 272 g/mol. The van der Waals surface area contributed by atoms with E-state index in [2.05, 4.69) is 5.32 Å². The number of nitrogens with two attached hydrogens (primary N) is 1. The van der Waals surface area contributed by atoms with Crippen LogP contribution in [0.3, 0.4) is 0 Å². The van der Waals surface area contributed by atoms with Crippen LogP contribution in [0, 0.1) is 5.82 Å². The maximum atomic E-state index is 13.7. The lowest BCUT2D eigenvalue weighted by Gasteiger charge is -2.18. The summed E-state index contributed by atoms with van der Waals surface area (Å²) in [5, 5.41) is 3.23. The van der Waals surface area contributed by atoms with E-state index in [1.54, 1.807) is 18.2 Å². The van der Waals surface area contributed by atoms with Gasteiger partial charge in [0.2, 0.25) is 5.91 Å². The van der Waals surface area contributed by atoms with Gasteiger partial charge in [0.1, 0.15) is 5.82 Å². The summed E-state index contributed by atoms with van der Waals surface area (Å²) in [6.45, 7) is 1.87. The molecule has 2 aromatic rings.